The monoisotopic (exact) mass is 237 g/mol. The Morgan fingerprint density at radius 1 is 1.62 bits per heavy atom. The quantitative estimate of drug-likeness (QED) is 0.583. The van der Waals surface area contributed by atoms with Crippen molar-refractivity contribution in [1.29, 1.82) is 0 Å². The van der Waals surface area contributed by atoms with Crippen molar-refractivity contribution in [2.75, 3.05) is 0 Å². The molecule has 0 saturated heterocycles. The van der Waals surface area contributed by atoms with Gasteiger partial charge in [0.15, 0.2) is 11.7 Å². The molecule has 0 amide bonds. The van der Waals surface area contributed by atoms with Crippen molar-refractivity contribution in [1.82, 2.24) is 0 Å². The molecule has 1 rings (SSSR count). The lowest BCUT2D eigenvalue weighted by Gasteiger charge is -2.24. The van der Waals surface area contributed by atoms with E-state index in [1.165, 1.54) is 0 Å². The zero-order chi connectivity index (χ0) is 12.7. The van der Waals surface area contributed by atoms with Gasteiger partial charge in [-0.1, -0.05) is 0 Å². The highest BCUT2D eigenvalue weighted by Gasteiger charge is 2.62. The third-order valence-electron chi connectivity index (χ3n) is 2.25. The number of hydrogen-bond donors (Lipinski definition) is 1. The zero-order valence-electron chi connectivity index (χ0n) is 7.91. The van der Waals surface area contributed by atoms with Gasteiger partial charge in [-0.25, -0.2) is 18.0 Å². The van der Waals surface area contributed by atoms with E-state index in [2.05, 4.69) is 0 Å². The van der Waals surface area contributed by atoms with Crippen LogP contribution in [0, 0.1) is 10.1 Å². The van der Waals surface area contributed by atoms with Crippen molar-refractivity contribution < 1.29 is 28.0 Å². The van der Waals surface area contributed by atoms with Crippen molar-refractivity contribution in [2.24, 2.45) is 0 Å². The fraction of sp³-hybridized carbons (Fsp3) is 0.375. The van der Waals surface area contributed by atoms with E-state index in [1.807, 2.05) is 0 Å². The molecule has 0 heterocycles. The number of hydrogen-bond acceptors (Lipinski definition) is 3. The molecule has 2 unspecified atom stereocenters. The molecule has 0 aromatic heterocycles. The van der Waals surface area contributed by atoms with Crippen LogP contribution in [0.3, 0.4) is 0 Å². The van der Waals surface area contributed by atoms with Gasteiger partial charge in [0.2, 0.25) is 6.17 Å². The Morgan fingerprint density at radius 2 is 2.12 bits per heavy atom. The van der Waals surface area contributed by atoms with E-state index in [-0.39, 0.29) is 6.08 Å². The summed E-state index contributed by atoms with van der Waals surface area (Å²) in [5, 5.41) is 19.2. The highest BCUT2D eigenvalue weighted by molar-refractivity contribution is 5.82. The molecule has 0 bridgehead atoms. The molecule has 0 fully saturated rings. The lowest BCUT2D eigenvalue weighted by molar-refractivity contribution is -0.548. The summed E-state index contributed by atoms with van der Waals surface area (Å²) in [4.78, 5) is 19.8. The summed E-state index contributed by atoms with van der Waals surface area (Å²) < 4.78 is 39.1. The second-order valence-corrected chi connectivity index (χ2v) is 3.24. The van der Waals surface area contributed by atoms with Crippen LogP contribution in [0.2, 0.25) is 0 Å². The summed E-state index contributed by atoms with van der Waals surface area (Å²) in [7, 11) is 0. The van der Waals surface area contributed by atoms with Gasteiger partial charge < -0.3 is 5.11 Å². The van der Waals surface area contributed by atoms with Crippen LogP contribution in [0.4, 0.5) is 13.2 Å². The number of halogens is 3. The number of aliphatic carboxylic acids is 1. The Bertz CT molecular complexity index is 415. The molecule has 5 nitrogen and oxygen atoms in total. The average Bonchev–Trinajstić information content (AvgIpc) is 2.19. The van der Waals surface area contributed by atoms with Crippen LogP contribution in [-0.4, -0.2) is 27.7 Å². The molecule has 0 aromatic rings. The lowest BCUT2D eigenvalue weighted by atomic mass is 9.86. The van der Waals surface area contributed by atoms with Crippen molar-refractivity contribution in [3.63, 3.8) is 0 Å². The van der Waals surface area contributed by atoms with Crippen molar-refractivity contribution in [2.45, 2.75) is 18.6 Å². The number of rotatable bonds is 2. The first kappa shape index (κ1) is 12.2. The molecular weight excluding hydrogens is 231 g/mol. The van der Waals surface area contributed by atoms with Crippen molar-refractivity contribution >= 4 is 5.97 Å². The zero-order valence-corrected chi connectivity index (χ0v) is 7.91. The van der Waals surface area contributed by atoms with Crippen LogP contribution in [0.15, 0.2) is 23.3 Å². The van der Waals surface area contributed by atoms with E-state index in [4.69, 9.17) is 5.11 Å². The molecule has 2 atom stereocenters. The van der Waals surface area contributed by atoms with Gasteiger partial charge in [0.25, 0.3) is 0 Å². The normalized spacial score (nSPS) is 30.0. The van der Waals surface area contributed by atoms with E-state index >= 15 is 0 Å². The first-order chi connectivity index (χ1) is 7.25. The maximum Gasteiger partial charge on any atom is 0.390 e. The van der Waals surface area contributed by atoms with Gasteiger partial charge in [0.05, 0.1) is 0 Å². The topological polar surface area (TPSA) is 80.4 Å². The molecule has 16 heavy (non-hydrogen) atoms. The third kappa shape index (κ3) is 1.37. The van der Waals surface area contributed by atoms with Crippen LogP contribution < -0.4 is 0 Å². The number of alkyl halides is 1. The highest BCUT2D eigenvalue weighted by Crippen LogP contribution is 2.37. The molecule has 88 valence electrons. The SMILES string of the molecule is CC1=CC(C(=O)O)([N+](=O)[O-])C(F)C(F)=C1F. The fourth-order valence-electron chi connectivity index (χ4n) is 1.35. The standard InChI is InChI=1S/C8H6F3NO4/c1-3-2-8(7(13)14,12(15)16)6(11)5(10)4(3)9/h2,6H,1H3,(H,13,14). The number of allylic oxidation sites excluding steroid dienone is 2. The van der Waals surface area contributed by atoms with Crippen LogP contribution in [0.25, 0.3) is 0 Å². The van der Waals surface area contributed by atoms with Gasteiger partial charge in [0.1, 0.15) is 0 Å². The van der Waals surface area contributed by atoms with E-state index in [9.17, 15) is 28.1 Å². The first-order valence-electron chi connectivity index (χ1n) is 4.02. The molecule has 0 aliphatic heterocycles. The third-order valence-corrected chi connectivity index (χ3v) is 2.25. The van der Waals surface area contributed by atoms with Crippen molar-refractivity contribution in [3.05, 3.63) is 33.4 Å². The average molecular weight is 237 g/mol. The van der Waals surface area contributed by atoms with E-state index < -0.39 is 39.8 Å². The Hall–Kier alpha value is -1.86. The van der Waals surface area contributed by atoms with Gasteiger partial charge in [-0.2, -0.15) is 0 Å². The van der Waals surface area contributed by atoms with Gasteiger partial charge in [-0.15, -0.1) is 0 Å². The van der Waals surface area contributed by atoms with Crippen LogP contribution >= 0.6 is 0 Å². The molecule has 8 heteroatoms. The van der Waals surface area contributed by atoms with E-state index in [0.717, 1.165) is 6.92 Å². The Morgan fingerprint density at radius 3 is 2.50 bits per heavy atom. The summed E-state index contributed by atoms with van der Waals surface area (Å²) in [6.07, 6.45) is -2.91. The van der Waals surface area contributed by atoms with Crippen molar-refractivity contribution in [3.8, 4) is 0 Å². The maximum atomic E-state index is 13.3. The minimum atomic E-state index is -3.30. The summed E-state index contributed by atoms with van der Waals surface area (Å²) in [6, 6.07) is 0. The lowest BCUT2D eigenvalue weighted by Crippen LogP contribution is -2.54. The second kappa shape index (κ2) is 3.62. The molecule has 0 aromatic carbocycles. The molecule has 1 aliphatic carbocycles. The van der Waals surface area contributed by atoms with Crippen LogP contribution in [-0.2, 0) is 4.79 Å². The van der Waals surface area contributed by atoms with Gasteiger partial charge in [0, 0.05) is 11.0 Å². The highest BCUT2D eigenvalue weighted by atomic mass is 19.2. The molecular formula is C8H6F3NO4. The summed E-state index contributed by atoms with van der Waals surface area (Å²) in [5.41, 5.74) is -3.92. The molecule has 0 saturated carbocycles. The predicted octanol–water partition coefficient (Wildman–Crippen LogP) is 1.54. The predicted molar refractivity (Wildman–Crippen MR) is 45.3 cm³/mol. The molecule has 1 aliphatic rings. The minimum absolute atomic E-state index is 0.262. The van der Waals surface area contributed by atoms with E-state index in [0.29, 0.717) is 0 Å². The number of carbonyl (C=O) groups is 1. The Labute approximate surface area is 87.0 Å². The first-order valence-corrected chi connectivity index (χ1v) is 4.02. The number of carboxylic acid groups (broad SMARTS) is 1. The number of nitrogens with zero attached hydrogens (tertiary/aromatic N) is 1. The second-order valence-electron chi connectivity index (χ2n) is 3.24. The number of nitro groups is 1. The summed E-state index contributed by atoms with van der Waals surface area (Å²) >= 11 is 0. The van der Waals surface area contributed by atoms with Gasteiger partial charge in [-0.05, 0) is 12.5 Å². The fourth-order valence-corrected chi connectivity index (χ4v) is 1.35. The molecule has 1 N–H and O–H groups in total. The van der Waals surface area contributed by atoms with Gasteiger partial charge >= 0.3 is 11.5 Å². The Kier molecular flexibility index (Phi) is 2.76. The Balaban J connectivity index is 3.48. The largest absolute Gasteiger partial charge is 0.476 e. The summed E-state index contributed by atoms with van der Waals surface area (Å²) in [6.45, 7) is 0.919. The smallest absolute Gasteiger partial charge is 0.390 e. The van der Waals surface area contributed by atoms with E-state index in [1.54, 1.807) is 0 Å². The maximum absolute atomic E-state index is 13.3. The summed E-state index contributed by atoms with van der Waals surface area (Å²) in [5.74, 6) is -5.86. The minimum Gasteiger partial charge on any atom is -0.476 e. The van der Waals surface area contributed by atoms with Crippen LogP contribution in [0.1, 0.15) is 6.92 Å². The van der Waals surface area contributed by atoms with Crippen LogP contribution in [0.5, 0.6) is 0 Å². The molecule has 0 radical (unpaired) electrons. The number of carboxylic acids is 1. The molecule has 0 spiro atoms. The van der Waals surface area contributed by atoms with Gasteiger partial charge in [-0.3, -0.25) is 10.1 Å².